The molecule has 1 rings (SSSR count). The number of aliphatic imine (C=N–C) groups is 1. The molecule has 0 N–H and O–H groups in total. The first-order chi connectivity index (χ1) is 5.69. The molecular weight excluding hydrogens is 174 g/mol. The maximum Gasteiger partial charge on any atom is 0.170 e. The average molecular weight is 188 g/mol. The van der Waals surface area contributed by atoms with Crippen LogP contribution in [0.1, 0.15) is 13.8 Å². The van der Waals surface area contributed by atoms with Gasteiger partial charge in [0.25, 0.3) is 0 Å². The van der Waals surface area contributed by atoms with Gasteiger partial charge in [0.2, 0.25) is 0 Å². The van der Waals surface area contributed by atoms with Crippen LogP contribution in [0.5, 0.6) is 0 Å². The smallest absolute Gasteiger partial charge is 0.170 e. The highest BCUT2D eigenvalue weighted by Gasteiger charge is 2.21. The predicted molar refractivity (Wildman–Crippen MR) is 51.9 cm³/mol. The minimum atomic E-state index is -0.0984. The van der Waals surface area contributed by atoms with Gasteiger partial charge in [0, 0.05) is 7.11 Å². The third-order valence-electron chi connectivity index (χ3n) is 1.93. The quantitative estimate of drug-likeness (QED) is 0.621. The van der Waals surface area contributed by atoms with Crippen LogP contribution in [0.3, 0.4) is 0 Å². The van der Waals surface area contributed by atoms with E-state index in [-0.39, 0.29) is 6.23 Å². The summed E-state index contributed by atoms with van der Waals surface area (Å²) in [5.41, 5.74) is 2.14. The van der Waals surface area contributed by atoms with E-state index >= 15 is 0 Å². The zero-order valence-electron chi connectivity index (χ0n) is 7.67. The summed E-state index contributed by atoms with van der Waals surface area (Å²) >= 11 is 5.67. The molecule has 1 unspecified atom stereocenters. The molecular formula is C9H14ClNO. The lowest BCUT2D eigenvalue weighted by Crippen LogP contribution is -2.11. The molecule has 1 heterocycles. The van der Waals surface area contributed by atoms with E-state index in [9.17, 15) is 0 Å². The molecule has 0 bridgehead atoms. The van der Waals surface area contributed by atoms with Gasteiger partial charge in [-0.3, -0.25) is 4.99 Å². The third kappa shape index (κ3) is 1.87. The molecule has 0 aromatic heterocycles. The van der Waals surface area contributed by atoms with E-state index < -0.39 is 0 Å². The van der Waals surface area contributed by atoms with Gasteiger partial charge in [-0.1, -0.05) is 13.8 Å². The third-order valence-corrected chi connectivity index (χ3v) is 2.20. The second-order valence-corrected chi connectivity index (χ2v) is 3.41. The molecule has 3 heteroatoms. The van der Waals surface area contributed by atoms with Crippen molar-refractivity contribution in [2.75, 3.05) is 13.0 Å². The summed E-state index contributed by atoms with van der Waals surface area (Å²) in [6.45, 7) is 4.26. The Morgan fingerprint density at radius 1 is 1.67 bits per heavy atom. The number of halogens is 1. The lowest BCUT2D eigenvalue weighted by atomic mass is 10.0. The molecule has 0 saturated carbocycles. The zero-order chi connectivity index (χ0) is 9.14. The SMILES string of the molecule is COC1N=C(CCl)C=C1C(C)C. The van der Waals surface area contributed by atoms with Crippen LogP contribution in [-0.4, -0.2) is 24.9 Å². The van der Waals surface area contributed by atoms with Gasteiger partial charge in [-0.05, 0) is 17.6 Å². The van der Waals surface area contributed by atoms with Gasteiger partial charge in [0.1, 0.15) is 0 Å². The molecule has 0 spiro atoms. The minimum Gasteiger partial charge on any atom is -0.356 e. The van der Waals surface area contributed by atoms with Crippen LogP contribution in [0.4, 0.5) is 0 Å². The van der Waals surface area contributed by atoms with E-state index in [4.69, 9.17) is 16.3 Å². The summed E-state index contributed by atoms with van der Waals surface area (Å²) < 4.78 is 5.20. The van der Waals surface area contributed by atoms with Crippen LogP contribution in [0.25, 0.3) is 0 Å². The molecule has 68 valence electrons. The van der Waals surface area contributed by atoms with Crippen LogP contribution in [0, 0.1) is 5.92 Å². The number of nitrogens with zero attached hydrogens (tertiary/aromatic N) is 1. The summed E-state index contributed by atoms with van der Waals surface area (Å²) in [5.74, 6) is 0.940. The Morgan fingerprint density at radius 3 is 2.67 bits per heavy atom. The van der Waals surface area contributed by atoms with E-state index in [1.54, 1.807) is 7.11 Å². The highest BCUT2D eigenvalue weighted by molar-refractivity contribution is 6.31. The number of ether oxygens (including phenoxy) is 1. The molecule has 2 nitrogen and oxygen atoms in total. The maximum absolute atomic E-state index is 5.67. The first-order valence-corrected chi connectivity index (χ1v) is 4.59. The number of rotatable bonds is 3. The van der Waals surface area contributed by atoms with E-state index in [0.29, 0.717) is 11.8 Å². The molecule has 1 aliphatic heterocycles. The number of methoxy groups -OCH3 is 1. The van der Waals surface area contributed by atoms with Crippen molar-refractivity contribution in [1.29, 1.82) is 0 Å². The average Bonchev–Trinajstić information content (AvgIpc) is 2.47. The standard InChI is InChI=1S/C9H14ClNO/c1-6(2)8-4-7(5-10)11-9(8)12-3/h4,6,9H,5H2,1-3H3. The second-order valence-electron chi connectivity index (χ2n) is 3.14. The number of alkyl halides is 1. The monoisotopic (exact) mass is 187 g/mol. The summed E-state index contributed by atoms with van der Waals surface area (Å²) in [6, 6.07) is 0. The van der Waals surface area contributed by atoms with Crippen molar-refractivity contribution in [2.24, 2.45) is 10.9 Å². The van der Waals surface area contributed by atoms with Crippen LogP contribution in [0.15, 0.2) is 16.6 Å². The number of hydrogen-bond acceptors (Lipinski definition) is 2. The zero-order valence-corrected chi connectivity index (χ0v) is 8.43. The fourth-order valence-electron chi connectivity index (χ4n) is 1.24. The van der Waals surface area contributed by atoms with Gasteiger partial charge < -0.3 is 4.74 Å². The first kappa shape index (κ1) is 9.75. The number of allylic oxidation sites excluding steroid dienone is 1. The van der Waals surface area contributed by atoms with E-state index in [1.165, 1.54) is 5.57 Å². The van der Waals surface area contributed by atoms with Gasteiger partial charge in [0.05, 0.1) is 11.6 Å². The van der Waals surface area contributed by atoms with Crippen molar-refractivity contribution in [3.63, 3.8) is 0 Å². The summed E-state index contributed by atoms with van der Waals surface area (Å²) in [6.07, 6.45) is 1.94. The molecule has 12 heavy (non-hydrogen) atoms. The maximum atomic E-state index is 5.67. The predicted octanol–water partition coefficient (Wildman–Crippen LogP) is 2.23. The molecule has 0 amide bonds. The molecule has 0 fully saturated rings. The van der Waals surface area contributed by atoms with Gasteiger partial charge in [-0.25, -0.2) is 0 Å². The lowest BCUT2D eigenvalue weighted by Gasteiger charge is -2.13. The Bertz CT molecular complexity index is 221. The minimum absolute atomic E-state index is 0.0984. The second kappa shape index (κ2) is 4.06. The van der Waals surface area contributed by atoms with Crippen LogP contribution in [-0.2, 0) is 4.74 Å². The highest BCUT2D eigenvalue weighted by atomic mass is 35.5. The van der Waals surface area contributed by atoms with Gasteiger partial charge >= 0.3 is 0 Å². The topological polar surface area (TPSA) is 21.6 Å². The van der Waals surface area contributed by atoms with Crippen molar-refractivity contribution in [2.45, 2.75) is 20.1 Å². The van der Waals surface area contributed by atoms with Gasteiger partial charge in [0.15, 0.2) is 6.23 Å². The first-order valence-electron chi connectivity index (χ1n) is 4.06. The van der Waals surface area contributed by atoms with Crippen molar-refractivity contribution < 1.29 is 4.74 Å². The Balaban J connectivity index is 2.76. The molecule has 0 saturated heterocycles. The van der Waals surface area contributed by atoms with Crippen LogP contribution < -0.4 is 0 Å². The Hall–Kier alpha value is -0.340. The van der Waals surface area contributed by atoms with Crippen molar-refractivity contribution >= 4 is 17.3 Å². The largest absolute Gasteiger partial charge is 0.356 e. The Labute approximate surface area is 78.3 Å². The van der Waals surface area contributed by atoms with Gasteiger partial charge in [-0.2, -0.15) is 0 Å². The van der Waals surface area contributed by atoms with E-state index in [2.05, 4.69) is 18.8 Å². The fraction of sp³-hybridized carbons (Fsp3) is 0.667. The molecule has 1 aliphatic rings. The van der Waals surface area contributed by atoms with Crippen molar-refractivity contribution in [3.05, 3.63) is 11.6 Å². The normalized spacial score (nSPS) is 22.9. The Morgan fingerprint density at radius 2 is 2.33 bits per heavy atom. The fourth-order valence-corrected chi connectivity index (χ4v) is 1.39. The summed E-state index contributed by atoms with van der Waals surface area (Å²) in [5, 5.41) is 0. The van der Waals surface area contributed by atoms with Crippen LogP contribution in [0.2, 0.25) is 0 Å². The lowest BCUT2D eigenvalue weighted by molar-refractivity contribution is 0.134. The molecule has 0 radical (unpaired) electrons. The molecule has 0 aliphatic carbocycles. The highest BCUT2D eigenvalue weighted by Crippen LogP contribution is 2.23. The van der Waals surface area contributed by atoms with Gasteiger partial charge in [-0.15, -0.1) is 11.6 Å². The molecule has 1 atom stereocenters. The molecule has 0 aromatic carbocycles. The molecule has 0 aromatic rings. The number of hydrogen-bond donors (Lipinski definition) is 0. The Kier molecular flexibility index (Phi) is 3.29. The summed E-state index contributed by atoms with van der Waals surface area (Å²) in [7, 11) is 1.67. The van der Waals surface area contributed by atoms with Crippen LogP contribution >= 0.6 is 11.6 Å². The van der Waals surface area contributed by atoms with Crippen molar-refractivity contribution in [3.8, 4) is 0 Å². The van der Waals surface area contributed by atoms with E-state index in [0.717, 1.165) is 5.71 Å². The summed E-state index contributed by atoms with van der Waals surface area (Å²) in [4.78, 5) is 4.30. The van der Waals surface area contributed by atoms with Crippen molar-refractivity contribution in [1.82, 2.24) is 0 Å². The van der Waals surface area contributed by atoms with E-state index in [1.807, 2.05) is 6.08 Å².